The van der Waals surface area contributed by atoms with Gasteiger partial charge in [0.2, 0.25) is 0 Å². The van der Waals surface area contributed by atoms with Gasteiger partial charge >= 0.3 is 6.09 Å². The maximum absolute atomic E-state index is 12.3. The largest absolute Gasteiger partial charge is 0.491 e. The number of anilines is 2. The predicted octanol–water partition coefficient (Wildman–Crippen LogP) is 2.28. The SMILES string of the molecule is CNCC(O)COc1cccc(-c2nc(NC3CCOC3)c(C)c(N3CCN(C(=O)OC)C(C)(C)C3)n2)c1. The van der Waals surface area contributed by atoms with Crippen LogP contribution in [0.15, 0.2) is 24.3 Å². The third kappa shape index (κ3) is 6.46. The maximum Gasteiger partial charge on any atom is 0.410 e. The molecule has 1 aromatic carbocycles. The predicted molar refractivity (Wildman–Crippen MR) is 146 cm³/mol. The highest BCUT2D eigenvalue weighted by molar-refractivity contribution is 5.70. The molecular formula is C27H40N6O5. The smallest absolute Gasteiger partial charge is 0.410 e. The summed E-state index contributed by atoms with van der Waals surface area (Å²) in [7, 11) is 3.20. The van der Waals surface area contributed by atoms with Crippen molar-refractivity contribution in [2.24, 2.45) is 0 Å². The number of amides is 1. The fourth-order valence-electron chi connectivity index (χ4n) is 4.92. The molecule has 0 saturated carbocycles. The number of methoxy groups -OCH3 is 1. The number of hydrogen-bond donors (Lipinski definition) is 3. The molecule has 2 aliphatic heterocycles. The summed E-state index contributed by atoms with van der Waals surface area (Å²) in [6.45, 7) is 9.82. The second-order valence-electron chi connectivity index (χ2n) is 10.5. The average molecular weight is 529 g/mol. The molecule has 2 fully saturated rings. The molecule has 2 aromatic rings. The van der Waals surface area contributed by atoms with E-state index >= 15 is 0 Å². The summed E-state index contributed by atoms with van der Waals surface area (Å²) in [6, 6.07) is 7.78. The molecule has 0 radical (unpaired) electrons. The lowest BCUT2D eigenvalue weighted by Gasteiger charge is -2.46. The van der Waals surface area contributed by atoms with E-state index in [1.165, 1.54) is 7.11 Å². The van der Waals surface area contributed by atoms with E-state index in [2.05, 4.69) is 15.5 Å². The van der Waals surface area contributed by atoms with Crippen molar-refractivity contribution >= 4 is 17.7 Å². The molecule has 11 heteroatoms. The van der Waals surface area contributed by atoms with Gasteiger partial charge in [0.15, 0.2) is 5.82 Å². The molecule has 1 amide bonds. The van der Waals surface area contributed by atoms with Gasteiger partial charge in [-0.2, -0.15) is 0 Å². The lowest BCUT2D eigenvalue weighted by molar-refractivity contribution is 0.0698. The number of nitrogens with zero attached hydrogens (tertiary/aromatic N) is 4. The normalized spacial score (nSPS) is 19.8. The second kappa shape index (κ2) is 12.1. The highest BCUT2D eigenvalue weighted by Gasteiger charge is 2.38. The average Bonchev–Trinajstić information content (AvgIpc) is 3.41. The van der Waals surface area contributed by atoms with Crippen molar-refractivity contribution < 1.29 is 24.1 Å². The molecule has 4 rings (SSSR count). The van der Waals surface area contributed by atoms with Gasteiger partial charge in [-0.15, -0.1) is 0 Å². The first kappa shape index (κ1) is 27.9. The number of piperazine rings is 1. The van der Waals surface area contributed by atoms with E-state index in [4.69, 9.17) is 24.2 Å². The number of aliphatic hydroxyl groups is 1. The van der Waals surface area contributed by atoms with Crippen LogP contribution in [0, 0.1) is 6.92 Å². The minimum Gasteiger partial charge on any atom is -0.491 e. The van der Waals surface area contributed by atoms with Gasteiger partial charge < -0.3 is 34.9 Å². The number of aromatic nitrogens is 2. The van der Waals surface area contributed by atoms with E-state index in [-0.39, 0.29) is 18.7 Å². The summed E-state index contributed by atoms with van der Waals surface area (Å²) in [5, 5.41) is 16.5. The van der Waals surface area contributed by atoms with Crippen LogP contribution in [-0.4, -0.2) is 104 Å². The highest BCUT2D eigenvalue weighted by Crippen LogP contribution is 2.33. The lowest BCUT2D eigenvalue weighted by atomic mass is 9.99. The monoisotopic (exact) mass is 528 g/mol. The Bertz CT molecular complexity index is 1110. The summed E-state index contributed by atoms with van der Waals surface area (Å²) in [5.41, 5.74) is 1.31. The van der Waals surface area contributed by atoms with E-state index in [9.17, 15) is 9.90 Å². The number of carbonyl (C=O) groups excluding carboxylic acids is 1. The third-order valence-electron chi connectivity index (χ3n) is 6.96. The van der Waals surface area contributed by atoms with Crippen molar-refractivity contribution in [2.75, 3.05) is 70.4 Å². The number of hydrogen-bond acceptors (Lipinski definition) is 10. The Labute approximate surface area is 224 Å². The Morgan fingerprint density at radius 3 is 2.82 bits per heavy atom. The Morgan fingerprint density at radius 1 is 1.32 bits per heavy atom. The summed E-state index contributed by atoms with van der Waals surface area (Å²) < 4.78 is 16.4. The van der Waals surface area contributed by atoms with E-state index in [0.29, 0.717) is 44.4 Å². The zero-order valence-corrected chi connectivity index (χ0v) is 23.0. The van der Waals surface area contributed by atoms with E-state index in [1.807, 2.05) is 45.0 Å². The molecule has 2 unspecified atom stereocenters. The Hall–Kier alpha value is -3.15. The third-order valence-corrected chi connectivity index (χ3v) is 6.96. The van der Waals surface area contributed by atoms with Crippen molar-refractivity contribution in [3.8, 4) is 17.1 Å². The van der Waals surface area contributed by atoms with Crippen molar-refractivity contribution in [3.05, 3.63) is 29.8 Å². The van der Waals surface area contributed by atoms with Crippen LogP contribution in [0.3, 0.4) is 0 Å². The molecule has 0 aliphatic carbocycles. The van der Waals surface area contributed by atoms with Crippen molar-refractivity contribution in [3.63, 3.8) is 0 Å². The molecule has 38 heavy (non-hydrogen) atoms. The van der Waals surface area contributed by atoms with Crippen LogP contribution in [0.5, 0.6) is 5.75 Å². The maximum atomic E-state index is 12.3. The summed E-state index contributed by atoms with van der Waals surface area (Å²) in [5.74, 6) is 2.80. The molecule has 2 aliphatic rings. The van der Waals surface area contributed by atoms with Crippen LogP contribution in [0.4, 0.5) is 16.4 Å². The van der Waals surface area contributed by atoms with Gasteiger partial charge in [-0.25, -0.2) is 14.8 Å². The lowest BCUT2D eigenvalue weighted by Crippen LogP contribution is -2.61. The van der Waals surface area contributed by atoms with Gasteiger partial charge in [-0.3, -0.25) is 4.90 Å². The van der Waals surface area contributed by atoms with Crippen LogP contribution in [0.25, 0.3) is 11.4 Å². The van der Waals surface area contributed by atoms with Crippen molar-refractivity contribution in [1.29, 1.82) is 0 Å². The fourth-order valence-corrected chi connectivity index (χ4v) is 4.92. The van der Waals surface area contributed by atoms with Gasteiger partial charge in [-0.05, 0) is 46.4 Å². The molecule has 2 atom stereocenters. The van der Waals surface area contributed by atoms with E-state index in [1.54, 1.807) is 11.9 Å². The number of nitrogens with one attached hydrogen (secondary N) is 2. The Kier molecular flexibility index (Phi) is 8.91. The fraction of sp³-hybridized carbons (Fsp3) is 0.593. The van der Waals surface area contributed by atoms with Crippen molar-refractivity contribution in [1.82, 2.24) is 20.2 Å². The van der Waals surface area contributed by atoms with Gasteiger partial charge in [0.25, 0.3) is 0 Å². The zero-order valence-electron chi connectivity index (χ0n) is 23.0. The second-order valence-corrected chi connectivity index (χ2v) is 10.5. The number of ether oxygens (including phenoxy) is 3. The van der Waals surface area contributed by atoms with Crippen LogP contribution in [0.2, 0.25) is 0 Å². The first-order valence-electron chi connectivity index (χ1n) is 13.1. The quantitative estimate of drug-likeness (QED) is 0.447. The van der Waals surface area contributed by atoms with Crippen LogP contribution in [-0.2, 0) is 9.47 Å². The summed E-state index contributed by atoms with van der Waals surface area (Å²) >= 11 is 0. The number of carbonyl (C=O) groups is 1. The molecule has 3 heterocycles. The minimum atomic E-state index is -0.609. The first-order valence-corrected chi connectivity index (χ1v) is 13.1. The molecule has 1 aromatic heterocycles. The number of rotatable bonds is 9. The number of aliphatic hydroxyl groups excluding tert-OH is 1. The molecule has 0 bridgehead atoms. The molecule has 3 N–H and O–H groups in total. The number of likely N-dealkylation sites (N-methyl/N-ethyl adjacent to an activating group) is 1. The van der Waals surface area contributed by atoms with Crippen molar-refractivity contribution in [2.45, 2.75) is 44.9 Å². The van der Waals surface area contributed by atoms with E-state index in [0.717, 1.165) is 35.8 Å². The van der Waals surface area contributed by atoms with Gasteiger partial charge in [0, 0.05) is 43.9 Å². The molecule has 208 valence electrons. The topological polar surface area (TPSA) is 121 Å². The first-order chi connectivity index (χ1) is 18.2. The summed E-state index contributed by atoms with van der Waals surface area (Å²) in [4.78, 5) is 26.3. The van der Waals surface area contributed by atoms with Gasteiger partial charge in [0.05, 0.1) is 25.3 Å². The standard InChI is InChI=1S/C27H40N6O5/c1-18-23(29-20-9-12-37-15-20)30-24(19-7-6-8-22(13-19)38-16-21(34)14-28-4)31-25(18)32-10-11-33(26(35)36-5)27(2,3)17-32/h6-8,13,20-21,28,34H,9-12,14-17H2,1-5H3,(H,29,30,31). The highest BCUT2D eigenvalue weighted by atomic mass is 16.5. The van der Waals surface area contributed by atoms with E-state index < -0.39 is 11.6 Å². The minimum absolute atomic E-state index is 0.179. The summed E-state index contributed by atoms with van der Waals surface area (Å²) in [6.07, 6.45) is -0.0191. The van der Waals surface area contributed by atoms with Crippen LogP contribution < -0.4 is 20.3 Å². The molecule has 0 spiro atoms. The number of benzene rings is 1. The van der Waals surface area contributed by atoms with Crippen LogP contribution >= 0.6 is 0 Å². The Balaban J connectivity index is 1.66. The molecule has 2 saturated heterocycles. The molecular weight excluding hydrogens is 488 g/mol. The zero-order chi connectivity index (χ0) is 27.3. The van der Waals surface area contributed by atoms with Crippen LogP contribution in [0.1, 0.15) is 25.8 Å². The van der Waals surface area contributed by atoms with Gasteiger partial charge in [-0.1, -0.05) is 12.1 Å². The molecule has 11 nitrogen and oxygen atoms in total. The Morgan fingerprint density at radius 2 is 2.13 bits per heavy atom. The van der Waals surface area contributed by atoms with Gasteiger partial charge in [0.1, 0.15) is 30.1 Å².